The van der Waals surface area contributed by atoms with E-state index in [1.807, 2.05) is 30.3 Å². The van der Waals surface area contributed by atoms with Crippen molar-refractivity contribution in [2.45, 2.75) is 33.1 Å². The van der Waals surface area contributed by atoms with Crippen LogP contribution in [0.25, 0.3) is 16.7 Å². The molecule has 0 atom stereocenters. The summed E-state index contributed by atoms with van der Waals surface area (Å²) >= 11 is 0. The Morgan fingerprint density at radius 2 is 2.00 bits per heavy atom. The van der Waals surface area contributed by atoms with Crippen LogP contribution in [0.1, 0.15) is 36.5 Å². The van der Waals surface area contributed by atoms with Gasteiger partial charge in [0, 0.05) is 16.6 Å². The number of hydrogen-bond acceptors (Lipinski definition) is 5. The van der Waals surface area contributed by atoms with E-state index in [0.29, 0.717) is 11.6 Å². The Bertz CT molecular complexity index is 1110. The van der Waals surface area contributed by atoms with Gasteiger partial charge in [0.1, 0.15) is 11.9 Å². The summed E-state index contributed by atoms with van der Waals surface area (Å²) in [5, 5.41) is 15.0. The second-order valence-electron chi connectivity index (χ2n) is 7.15. The van der Waals surface area contributed by atoms with E-state index in [1.165, 1.54) is 17.5 Å². The predicted octanol–water partition coefficient (Wildman–Crippen LogP) is 4.02. The molecule has 0 unspecified atom stereocenters. The van der Waals surface area contributed by atoms with Gasteiger partial charge in [-0.2, -0.15) is 0 Å². The summed E-state index contributed by atoms with van der Waals surface area (Å²) in [6.45, 7) is 6.42. The molecule has 0 saturated carbocycles. The summed E-state index contributed by atoms with van der Waals surface area (Å²) < 4.78 is 7.22. The van der Waals surface area contributed by atoms with E-state index < -0.39 is 0 Å². The standard InChI is InChI=1S/C21H21N5O2/c1-13(2)18-10-19-15(11-28-20(19)8-14(18)3)9-21(27)23-16-4-6-17(7-5-16)26-12-22-24-25-26/h4-8,10-13H,9H2,1-3H3,(H,23,27). The van der Waals surface area contributed by atoms with Crippen molar-refractivity contribution in [3.05, 3.63) is 65.7 Å². The van der Waals surface area contributed by atoms with Gasteiger partial charge in [0.05, 0.1) is 18.4 Å². The highest BCUT2D eigenvalue weighted by Gasteiger charge is 2.14. The first-order chi connectivity index (χ1) is 13.5. The van der Waals surface area contributed by atoms with Gasteiger partial charge >= 0.3 is 0 Å². The molecule has 0 radical (unpaired) electrons. The lowest BCUT2D eigenvalue weighted by Crippen LogP contribution is -2.14. The van der Waals surface area contributed by atoms with Crippen molar-refractivity contribution >= 4 is 22.6 Å². The number of carbonyl (C=O) groups is 1. The van der Waals surface area contributed by atoms with Crippen LogP contribution in [0.5, 0.6) is 0 Å². The highest BCUT2D eigenvalue weighted by atomic mass is 16.3. The van der Waals surface area contributed by atoms with E-state index in [2.05, 4.69) is 47.7 Å². The molecule has 4 aromatic rings. The molecule has 0 aliphatic carbocycles. The number of fused-ring (bicyclic) bond motifs is 1. The third-order valence-electron chi connectivity index (χ3n) is 4.78. The van der Waals surface area contributed by atoms with Crippen LogP contribution < -0.4 is 5.32 Å². The Balaban J connectivity index is 1.50. The molecule has 0 aliphatic rings. The molecule has 28 heavy (non-hydrogen) atoms. The van der Waals surface area contributed by atoms with Crippen LogP contribution in [0.15, 0.2) is 53.4 Å². The zero-order chi connectivity index (χ0) is 19.7. The molecule has 2 heterocycles. The zero-order valence-electron chi connectivity index (χ0n) is 16.0. The molecule has 2 aromatic carbocycles. The Morgan fingerprint density at radius 3 is 2.68 bits per heavy atom. The molecular weight excluding hydrogens is 354 g/mol. The second kappa shape index (κ2) is 7.26. The number of hydrogen-bond donors (Lipinski definition) is 1. The average Bonchev–Trinajstić information content (AvgIpc) is 3.32. The van der Waals surface area contributed by atoms with Crippen LogP contribution in [0.2, 0.25) is 0 Å². The largest absolute Gasteiger partial charge is 0.464 e. The number of aromatic nitrogens is 4. The summed E-state index contributed by atoms with van der Waals surface area (Å²) in [5.41, 5.74) is 5.72. The topological polar surface area (TPSA) is 85.8 Å². The molecule has 2 aromatic heterocycles. The summed E-state index contributed by atoms with van der Waals surface area (Å²) in [6, 6.07) is 11.5. The van der Waals surface area contributed by atoms with Crippen molar-refractivity contribution in [1.29, 1.82) is 0 Å². The molecular formula is C21H21N5O2. The first-order valence-corrected chi connectivity index (χ1v) is 9.15. The quantitative estimate of drug-likeness (QED) is 0.569. The third kappa shape index (κ3) is 3.51. The monoisotopic (exact) mass is 375 g/mol. The molecule has 0 fully saturated rings. The Hall–Kier alpha value is -3.48. The Morgan fingerprint density at radius 1 is 1.21 bits per heavy atom. The minimum Gasteiger partial charge on any atom is -0.464 e. The van der Waals surface area contributed by atoms with Gasteiger partial charge in [-0.3, -0.25) is 4.79 Å². The number of amides is 1. The fourth-order valence-electron chi connectivity index (χ4n) is 3.36. The summed E-state index contributed by atoms with van der Waals surface area (Å²) in [5.74, 6) is 0.323. The van der Waals surface area contributed by atoms with Gasteiger partial charge in [-0.1, -0.05) is 13.8 Å². The van der Waals surface area contributed by atoms with Gasteiger partial charge in [0.25, 0.3) is 0 Å². The van der Waals surface area contributed by atoms with Gasteiger partial charge < -0.3 is 9.73 Å². The van der Waals surface area contributed by atoms with Crippen molar-refractivity contribution in [3.63, 3.8) is 0 Å². The summed E-state index contributed by atoms with van der Waals surface area (Å²) in [6.07, 6.45) is 3.45. The minimum atomic E-state index is -0.0930. The van der Waals surface area contributed by atoms with E-state index in [9.17, 15) is 4.79 Å². The average molecular weight is 375 g/mol. The molecule has 0 aliphatic heterocycles. The third-order valence-corrected chi connectivity index (χ3v) is 4.78. The van der Waals surface area contributed by atoms with Crippen LogP contribution in [0.4, 0.5) is 5.69 Å². The molecule has 0 saturated heterocycles. The van der Waals surface area contributed by atoms with Gasteiger partial charge in [-0.25, -0.2) is 4.68 Å². The normalized spacial score (nSPS) is 11.3. The molecule has 4 rings (SSSR count). The molecule has 7 nitrogen and oxygen atoms in total. The Labute approximate surface area is 162 Å². The van der Waals surface area contributed by atoms with Crippen LogP contribution in [0, 0.1) is 6.92 Å². The van der Waals surface area contributed by atoms with Crippen LogP contribution in [0.3, 0.4) is 0 Å². The van der Waals surface area contributed by atoms with Crippen molar-refractivity contribution in [2.24, 2.45) is 0 Å². The number of anilines is 1. The lowest BCUT2D eigenvalue weighted by Gasteiger charge is -2.10. The number of rotatable bonds is 5. The van der Waals surface area contributed by atoms with E-state index in [4.69, 9.17) is 4.42 Å². The van der Waals surface area contributed by atoms with Crippen LogP contribution in [-0.2, 0) is 11.2 Å². The molecule has 1 N–H and O–H groups in total. The molecule has 0 spiro atoms. The molecule has 1 amide bonds. The number of furan rings is 1. The van der Waals surface area contributed by atoms with Gasteiger partial charge in [-0.05, 0) is 70.8 Å². The van der Waals surface area contributed by atoms with Crippen LogP contribution in [-0.4, -0.2) is 26.1 Å². The van der Waals surface area contributed by atoms with Gasteiger partial charge in [0.2, 0.25) is 5.91 Å². The van der Waals surface area contributed by atoms with E-state index in [-0.39, 0.29) is 12.3 Å². The summed E-state index contributed by atoms with van der Waals surface area (Å²) in [4.78, 5) is 12.5. The lowest BCUT2D eigenvalue weighted by molar-refractivity contribution is -0.115. The zero-order valence-corrected chi connectivity index (χ0v) is 16.0. The van der Waals surface area contributed by atoms with Gasteiger partial charge in [-0.15, -0.1) is 5.10 Å². The van der Waals surface area contributed by atoms with E-state index >= 15 is 0 Å². The molecule has 7 heteroatoms. The second-order valence-corrected chi connectivity index (χ2v) is 7.15. The maximum Gasteiger partial charge on any atom is 0.228 e. The number of nitrogens with one attached hydrogen (secondary N) is 1. The number of nitrogens with zero attached hydrogens (tertiary/aromatic N) is 4. The number of aryl methyl sites for hydroxylation is 1. The maximum atomic E-state index is 12.5. The van der Waals surface area contributed by atoms with Crippen molar-refractivity contribution in [2.75, 3.05) is 5.32 Å². The summed E-state index contributed by atoms with van der Waals surface area (Å²) in [7, 11) is 0. The molecule has 142 valence electrons. The fourth-order valence-corrected chi connectivity index (χ4v) is 3.36. The van der Waals surface area contributed by atoms with Crippen LogP contribution >= 0.6 is 0 Å². The van der Waals surface area contributed by atoms with Gasteiger partial charge in [0.15, 0.2) is 0 Å². The number of tetrazole rings is 1. The molecule has 0 bridgehead atoms. The van der Waals surface area contributed by atoms with Crippen molar-refractivity contribution in [3.8, 4) is 5.69 Å². The fraction of sp³-hybridized carbons (Fsp3) is 0.238. The SMILES string of the molecule is Cc1cc2occ(CC(=O)Nc3ccc(-n4cnnn4)cc3)c2cc1C(C)C. The van der Waals surface area contributed by atoms with E-state index in [0.717, 1.165) is 22.2 Å². The highest BCUT2D eigenvalue weighted by molar-refractivity contribution is 5.95. The first-order valence-electron chi connectivity index (χ1n) is 9.15. The van der Waals surface area contributed by atoms with E-state index in [1.54, 1.807) is 10.9 Å². The number of carbonyl (C=O) groups excluding carboxylic acids is 1. The first kappa shape index (κ1) is 17.9. The van der Waals surface area contributed by atoms with Crippen molar-refractivity contribution < 1.29 is 9.21 Å². The smallest absolute Gasteiger partial charge is 0.228 e. The predicted molar refractivity (Wildman–Crippen MR) is 107 cm³/mol. The minimum absolute atomic E-state index is 0.0930. The highest BCUT2D eigenvalue weighted by Crippen LogP contribution is 2.29. The van der Waals surface area contributed by atoms with Crippen molar-refractivity contribution in [1.82, 2.24) is 20.2 Å². The lowest BCUT2D eigenvalue weighted by atomic mass is 9.95. The number of benzene rings is 2. The Kier molecular flexibility index (Phi) is 4.65. The maximum absolute atomic E-state index is 12.5.